The number of carbonyl (C=O) groups excluding carboxylic acids is 2. The molecule has 0 saturated carbocycles. The Hall–Kier alpha value is -3.71. The number of hydrogen-bond donors (Lipinski definition) is 1. The van der Waals surface area contributed by atoms with Crippen LogP contribution in [0.4, 0.5) is 13.2 Å². The van der Waals surface area contributed by atoms with Crippen molar-refractivity contribution in [3.63, 3.8) is 0 Å². The number of fused-ring (bicyclic) bond motifs is 1. The van der Waals surface area contributed by atoms with E-state index in [0.717, 1.165) is 22.2 Å². The van der Waals surface area contributed by atoms with Gasteiger partial charge in [-0.3, -0.25) is 9.78 Å². The largest absolute Gasteiger partial charge is 0.493 e. The Labute approximate surface area is 228 Å². The number of rotatable bonds is 8. The maximum atomic E-state index is 13.3. The number of aromatic nitrogens is 1. The molecule has 0 radical (unpaired) electrons. The molecule has 1 N–H and O–H groups in total. The van der Waals surface area contributed by atoms with Crippen LogP contribution in [0.1, 0.15) is 30.5 Å². The number of nitrogens with one attached hydrogen (secondary N) is 1. The highest BCUT2D eigenvalue weighted by atomic mass is 32.2. The molecule has 0 bridgehead atoms. The second kappa shape index (κ2) is 11.8. The molecule has 9 nitrogen and oxygen atoms in total. The molecule has 1 saturated heterocycles. The Morgan fingerprint density at radius 3 is 2.42 bits per heavy atom. The number of alkyl halides is 3. The Bertz CT molecular complexity index is 1490. The van der Waals surface area contributed by atoms with E-state index in [9.17, 15) is 31.2 Å². The number of pyridine rings is 1. The molecule has 1 aliphatic rings. The van der Waals surface area contributed by atoms with Crippen LogP contribution in [0.3, 0.4) is 0 Å². The summed E-state index contributed by atoms with van der Waals surface area (Å²) in [5, 5.41) is 0.950. The molecular weight excluding hydrogens is 553 g/mol. The molecular formula is C27H27F3N2O7S. The molecule has 2 aromatic carbocycles. The molecule has 1 aromatic heterocycles. The molecule has 0 atom stereocenters. The first-order valence-corrected chi connectivity index (χ1v) is 14.0. The minimum absolute atomic E-state index is 0.000158. The zero-order valence-electron chi connectivity index (χ0n) is 21.5. The average molecular weight is 581 g/mol. The summed E-state index contributed by atoms with van der Waals surface area (Å²) in [4.78, 5) is 31.5. The fraction of sp³-hybridized carbons (Fsp3) is 0.370. The predicted molar refractivity (Wildman–Crippen MR) is 137 cm³/mol. The second-order valence-corrected chi connectivity index (χ2v) is 11.7. The summed E-state index contributed by atoms with van der Waals surface area (Å²) in [5.41, 5.74) is 2.96. The van der Waals surface area contributed by atoms with Crippen LogP contribution in [0.25, 0.3) is 10.9 Å². The lowest BCUT2D eigenvalue weighted by molar-refractivity contribution is -0.207. The zero-order chi connectivity index (χ0) is 29.0. The molecule has 1 amide bonds. The molecule has 1 aliphatic heterocycles. The molecule has 214 valence electrons. The van der Waals surface area contributed by atoms with Gasteiger partial charge in [0.25, 0.3) is 5.91 Å². The maximum absolute atomic E-state index is 13.3. The molecule has 0 spiro atoms. The summed E-state index contributed by atoms with van der Waals surface area (Å²) in [5.74, 6) is -3.63. The van der Waals surface area contributed by atoms with E-state index < -0.39 is 45.5 Å². The van der Waals surface area contributed by atoms with Crippen LogP contribution in [-0.4, -0.2) is 50.4 Å². The van der Waals surface area contributed by atoms with Gasteiger partial charge in [0.1, 0.15) is 12.4 Å². The molecule has 13 heteroatoms. The van der Waals surface area contributed by atoms with Crippen LogP contribution in [0, 0.1) is 12.3 Å². The summed E-state index contributed by atoms with van der Waals surface area (Å²) in [6.45, 7) is 2.47. The first kappa shape index (κ1) is 29.3. The summed E-state index contributed by atoms with van der Waals surface area (Å²) in [6.07, 6.45) is -5.41. The first-order chi connectivity index (χ1) is 18.9. The average Bonchev–Trinajstić information content (AvgIpc) is 2.90. The molecule has 1 fully saturated rings. The number of ether oxygens (including phenoxy) is 2. The summed E-state index contributed by atoms with van der Waals surface area (Å²) in [6, 6.07) is 15.5. The number of benzene rings is 2. The molecule has 2 heterocycles. The molecule has 3 aromatic rings. The standard InChI is InChI=1S/C27H27F3N2O7S/c1-18-14-19(22-4-2-3-5-23(22)31-18)16-38-20-6-8-21(9-7-20)40(35,36)17-26(10-12-37-13-11-26)15-24(33)32-39-25(34)27(28,29)30/h2-9,14H,10-13,15-17H2,1H3,(H,32,33). The van der Waals surface area contributed by atoms with Gasteiger partial charge in [-0.15, -0.1) is 0 Å². The van der Waals surface area contributed by atoms with Crippen molar-refractivity contribution in [2.45, 2.75) is 43.9 Å². The Morgan fingerprint density at radius 2 is 1.75 bits per heavy atom. The highest BCUT2D eigenvalue weighted by Gasteiger charge is 2.43. The monoisotopic (exact) mass is 580 g/mol. The van der Waals surface area contributed by atoms with E-state index in [-0.39, 0.29) is 37.6 Å². The summed E-state index contributed by atoms with van der Waals surface area (Å²) >= 11 is 0. The molecule has 0 unspecified atom stereocenters. The van der Waals surface area contributed by atoms with Crippen LogP contribution in [0.2, 0.25) is 0 Å². The third-order valence-corrected chi connectivity index (χ3v) is 8.56. The molecule has 40 heavy (non-hydrogen) atoms. The topological polar surface area (TPSA) is 121 Å². The van der Waals surface area contributed by atoms with E-state index in [2.05, 4.69) is 9.82 Å². The van der Waals surface area contributed by atoms with E-state index in [1.807, 2.05) is 37.3 Å². The van der Waals surface area contributed by atoms with Gasteiger partial charge in [0.15, 0.2) is 9.84 Å². The third-order valence-electron chi connectivity index (χ3n) is 6.58. The van der Waals surface area contributed by atoms with Gasteiger partial charge in [-0.25, -0.2) is 13.2 Å². The number of hydrogen-bond acceptors (Lipinski definition) is 8. The Balaban J connectivity index is 1.43. The van der Waals surface area contributed by atoms with Gasteiger partial charge in [-0.2, -0.15) is 18.7 Å². The second-order valence-electron chi connectivity index (χ2n) is 9.66. The molecule has 0 aliphatic carbocycles. The van der Waals surface area contributed by atoms with Gasteiger partial charge in [0.2, 0.25) is 0 Å². The van der Waals surface area contributed by atoms with Crippen LogP contribution in [-0.2, 0) is 35.6 Å². The minimum atomic E-state index is -5.28. The minimum Gasteiger partial charge on any atom is -0.489 e. The van der Waals surface area contributed by atoms with Crippen LogP contribution in [0.5, 0.6) is 5.75 Å². The van der Waals surface area contributed by atoms with Crippen molar-refractivity contribution in [2.75, 3.05) is 19.0 Å². The number of carbonyl (C=O) groups is 2. The zero-order valence-corrected chi connectivity index (χ0v) is 22.3. The number of sulfone groups is 1. The smallest absolute Gasteiger partial charge is 0.489 e. The quantitative estimate of drug-likeness (QED) is 0.394. The van der Waals surface area contributed by atoms with Crippen molar-refractivity contribution in [1.82, 2.24) is 10.5 Å². The van der Waals surface area contributed by atoms with Crippen molar-refractivity contribution in [1.29, 1.82) is 0 Å². The van der Waals surface area contributed by atoms with Crippen molar-refractivity contribution < 1.29 is 45.5 Å². The SMILES string of the molecule is Cc1cc(COc2ccc(S(=O)(=O)CC3(CC(=O)NOC(=O)C(F)(F)F)CCOCC3)cc2)c2ccccc2n1. The fourth-order valence-corrected chi connectivity index (χ4v) is 6.53. The fourth-order valence-electron chi connectivity index (χ4n) is 4.62. The number of aryl methyl sites for hydroxylation is 1. The predicted octanol–water partition coefficient (Wildman–Crippen LogP) is 4.22. The van der Waals surface area contributed by atoms with Gasteiger partial charge >= 0.3 is 12.1 Å². The Morgan fingerprint density at radius 1 is 1.07 bits per heavy atom. The third kappa shape index (κ3) is 7.27. The first-order valence-electron chi connectivity index (χ1n) is 12.3. The van der Waals surface area contributed by atoms with Gasteiger partial charge in [0, 0.05) is 36.3 Å². The molecule has 4 rings (SSSR count). The highest BCUT2D eigenvalue weighted by Crippen LogP contribution is 2.37. The summed E-state index contributed by atoms with van der Waals surface area (Å²) < 4.78 is 74.9. The number of para-hydroxylation sites is 1. The van der Waals surface area contributed by atoms with Crippen molar-refractivity contribution in [2.24, 2.45) is 5.41 Å². The van der Waals surface area contributed by atoms with E-state index in [1.165, 1.54) is 29.7 Å². The highest BCUT2D eigenvalue weighted by molar-refractivity contribution is 7.91. The van der Waals surface area contributed by atoms with Crippen LogP contribution < -0.4 is 10.2 Å². The number of amides is 1. The number of nitrogens with zero attached hydrogens (tertiary/aromatic N) is 1. The lowest BCUT2D eigenvalue weighted by atomic mass is 9.79. The Kier molecular flexibility index (Phi) is 8.64. The number of hydroxylamine groups is 1. The van der Waals surface area contributed by atoms with E-state index >= 15 is 0 Å². The normalized spacial score (nSPS) is 15.4. The maximum Gasteiger partial charge on any atom is 0.493 e. The van der Waals surface area contributed by atoms with Crippen molar-refractivity contribution in [3.05, 3.63) is 65.9 Å². The van der Waals surface area contributed by atoms with Gasteiger partial charge < -0.3 is 14.3 Å². The van der Waals surface area contributed by atoms with E-state index in [1.54, 1.807) is 0 Å². The van der Waals surface area contributed by atoms with Crippen LogP contribution >= 0.6 is 0 Å². The van der Waals surface area contributed by atoms with E-state index in [0.29, 0.717) is 5.75 Å². The van der Waals surface area contributed by atoms with Crippen molar-refractivity contribution in [3.8, 4) is 5.75 Å². The van der Waals surface area contributed by atoms with E-state index in [4.69, 9.17) is 9.47 Å². The van der Waals surface area contributed by atoms with Gasteiger partial charge in [0.05, 0.1) is 16.2 Å². The van der Waals surface area contributed by atoms with Gasteiger partial charge in [-0.05, 0) is 61.6 Å². The lowest BCUT2D eigenvalue weighted by Crippen LogP contribution is -2.42. The van der Waals surface area contributed by atoms with Gasteiger partial charge in [-0.1, -0.05) is 18.2 Å². The van der Waals surface area contributed by atoms with Crippen LogP contribution in [0.15, 0.2) is 59.5 Å². The number of halogens is 3. The summed E-state index contributed by atoms with van der Waals surface area (Å²) in [7, 11) is -3.92. The van der Waals surface area contributed by atoms with Crippen molar-refractivity contribution >= 4 is 32.6 Å². The lowest BCUT2D eigenvalue weighted by Gasteiger charge is -2.36.